The van der Waals surface area contributed by atoms with Gasteiger partial charge in [-0.15, -0.1) is 0 Å². The molecule has 1 saturated heterocycles. The zero-order valence-corrected chi connectivity index (χ0v) is 19.2. The Hall–Kier alpha value is -3.88. The highest BCUT2D eigenvalue weighted by molar-refractivity contribution is 6.04. The molecule has 2 aromatic carbocycles. The first kappa shape index (κ1) is 21.9. The lowest BCUT2D eigenvalue weighted by atomic mass is 9.99. The number of nitrogens with zero attached hydrogens (tertiary/aromatic N) is 3. The quantitative estimate of drug-likeness (QED) is 0.613. The third-order valence-corrected chi connectivity index (χ3v) is 5.91. The van der Waals surface area contributed by atoms with Crippen LogP contribution in [0.1, 0.15) is 46.5 Å². The Morgan fingerprint density at radius 1 is 1.15 bits per heavy atom. The van der Waals surface area contributed by atoms with E-state index in [1.807, 2.05) is 13.8 Å². The first-order valence-corrected chi connectivity index (χ1v) is 11.1. The monoisotopic (exact) mass is 464 g/mol. The molecule has 0 aliphatic carbocycles. The van der Waals surface area contributed by atoms with E-state index in [1.165, 1.54) is 18.2 Å². The van der Waals surface area contributed by atoms with E-state index >= 15 is 0 Å². The fourth-order valence-corrected chi connectivity index (χ4v) is 4.10. The summed E-state index contributed by atoms with van der Waals surface area (Å²) < 4.78 is 27.9. The van der Waals surface area contributed by atoms with Crippen molar-refractivity contribution in [3.8, 4) is 17.2 Å². The number of rotatable bonds is 5. The van der Waals surface area contributed by atoms with Gasteiger partial charge in [0.15, 0.2) is 5.82 Å². The van der Waals surface area contributed by atoms with E-state index in [1.54, 1.807) is 41.0 Å². The van der Waals surface area contributed by atoms with Gasteiger partial charge in [-0.05, 0) is 44.5 Å². The van der Waals surface area contributed by atoms with Crippen LogP contribution in [0.4, 0.5) is 10.2 Å². The van der Waals surface area contributed by atoms with Crippen molar-refractivity contribution >= 4 is 17.6 Å². The number of nitrogens with one attached hydrogen (secondary N) is 1. The number of carbonyl (C=O) groups is 2. The van der Waals surface area contributed by atoms with Crippen molar-refractivity contribution in [2.24, 2.45) is 7.05 Å². The maximum atomic E-state index is 14.2. The molecule has 0 spiro atoms. The summed E-state index contributed by atoms with van der Waals surface area (Å²) in [5, 5.41) is 6.92. The first-order chi connectivity index (χ1) is 16.2. The van der Waals surface area contributed by atoms with Crippen molar-refractivity contribution in [2.45, 2.75) is 32.3 Å². The Kier molecular flexibility index (Phi) is 5.27. The van der Waals surface area contributed by atoms with Crippen molar-refractivity contribution in [1.82, 2.24) is 14.7 Å². The van der Waals surface area contributed by atoms with Crippen LogP contribution in [-0.4, -0.2) is 45.2 Å². The second-order valence-electron chi connectivity index (χ2n) is 9.21. The number of hydrogen-bond donors (Lipinski definition) is 1. The molecule has 3 aromatic rings. The minimum Gasteiger partial charge on any atom is -0.487 e. The third-order valence-electron chi connectivity index (χ3n) is 5.91. The summed E-state index contributed by atoms with van der Waals surface area (Å²) in [6.45, 7) is 5.20. The highest BCUT2D eigenvalue weighted by Crippen LogP contribution is 2.43. The standard InChI is InChI=1S/C25H25FN4O4/c1-25(2)14-18-19(33-20-13-16(26)5-6-17(20)24(32)30-8-4-9-30)11-15(12-21(18)34-25)23(31)27-22-7-10-29(3)28-22/h5-7,10-13H,4,8-9,14H2,1-3H3,(H,27,28,31). The molecule has 34 heavy (non-hydrogen) atoms. The summed E-state index contributed by atoms with van der Waals surface area (Å²) in [5.74, 6) is 0.246. The van der Waals surface area contributed by atoms with Crippen molar-refractivity contribution in [3.05, 3.63) is 65.1 Å². The maximum absolute atomic E-state index is 14.2. The minimum absolute atomic E-state index is 0.103. The molecule has 0 saturated carbocycles. The van der Waals surface area contributed by atoms with Crippen LogP contribution in [0.2, 0.25) is 0 Å². The summed E-state index contributed by atoms with van der Waals surface area (Å²) in [6.07, 6.45) is 3.19. The van der Waals surface area contributed by atoms with Gasteiger partial charge in [-0.25, -0.2) is 4.39 Å². The van der Waals surface area contributed by atoms with Crippen molar-refractivity contribution in [3.63, 3.8) is 0 Å². The van der Waals surface area contributed by atoms with Gasteiger partial charge in [0.2, 0.25) is 0 Å². The number of benzene rings is 2. The lowest BCUT2D eigenvalue weighted by Crippen LogP contribution is -2.42. The van der Waals surface area contributed by atoms with Crippen molar-refractivity contribution in [1.29, 1.82) is 0 Å². The van der Waals surface area contributed by atoms with Crippen LogP contribution < -0.4 is 14.8 Å². The van der Waals surface area contributed by atoms with Gasteiger partial charge in [0.25, 0.3) is 11.8 Å². The number of likely N-dealkylation sites (tertiary alicyclic amines) is 1. The molecule has 1 aromatic heterocycles. The first-order valence-electron chi connectivity index (χ1n) is 11.1. The predicted octanol–water partition coefficient (Wildman–Crippen LogP) is 4.16. The molecule has 0 bridgehead atoms. The van der Waals surface area contributed by atoms with Gasteiger partial charge in [-0.2, -0.15) is 5.10 Å². The molecular formula is C25H25FN4O4. The molecule has 2 amide bonds. The predicted molar refractivity (Wildman–Crippen MR) is 123 cm³/mol. The van der Waals surface area contributed by atoms with Gasteiger partial charge in [-0.3, -0.25) is 14.3 Å². The number of hydrogen-bond acceptors (Lipinski definition) is 5. The average Bonchev–Trinajstić information content (AvgIpc) is 3.27. The SMILES string of the molecule is Cn1ccc(NC(=O)c2cc(Oc3cc(F)ccc3C(=O)N3CCC3)c3c(c2)OC(C)(C)C3)n1. The van der Waals surface area contributed by atoms with Gasteiger partial charge in [0, 0.05) is 56.0 Å². The van der Waals surface area contributed by atoms with Gasteiger partial charge in [-0.1, -0.05) is 0 Å². The molecule has 9 heteroatoms. The molecule has 176 valence electrons. The zero-order valence-electron chi connectivity index (χ0n) is 19.2. The van der Waals surface area contributed by atoms with Gasteiger partial charge in [0.1, 0.15) is 28.7 Å². The Labute approximate surface area is 196 Å². The van der Waals surface area contributed by atoms with Crippen LogP contribution in [0.5, 0.6) is 17.2 Å². The van der Waals surface area contributed by atoms with E-state index in [4.69, 9.17) is 9.47 Å². The Morgan fingerprint density at radius 3 is 2.62 bits per heavy atom. The van der Waals surface area contributed by atoms with Crippen LogP contribution in [-0.2, 0) is 13.5 Å². The van der Waals surface area contributed by atoms with Crippen LogP contribution >= 0.6 is 0 Å². The number of halogens is 1. The number of fused-ring (bicyclic) bond motifs is 1. The average molecular weight is 464 g/mol. The maximum Gasteiger partial charge on any atom is 0.257 e. The molecule has 3 heterocycles. The highest BCUT2D eigenvalue weighted by Gasteiger charge is 2.34. The summed E-state index contributed by atoms with van der Waals surface area (Å²) in [5.41, 5.74) is 0.820. The molecule has 1 fully saturated rings. The second-order valence-corrected chi connectivity index (χ2v) is 9.21. The molecular weight excluding hydrogens is 439 g/mol. The Balaban J connectivity index is 1.52. The fourth-order valence-electron chi connectivity index (χ4n) is 4.10. The molecule has 0 atom stereocenters. The zero-order chi connectivity index (χ0) is 24.0. The van der Waals surface area contributed by atoms with E-state index in [2.05, 4.69) is 10.4 Å². The Morgan fingerprint density at radius 2 is 1.94 bits per heavy atom. The van der Waals surface area contributed by atoms with Crippen LogP contribution in [0.15, 0.2) is 42.6 Å². The van der Waals surface area contributed by atoms with Gasteiger partial charge < -0.3 is 19.7 Å². The molecule has 0 unspecified atom stereocenters. The number of amides is 2. The molecule has 2 aliphatic rings. The number of anilines is 1. The molecule has 1 N–H and O–H groups in total. The van der Waals surface area contributed by atoms with E-state index in [-0.39, 0.29) is 17.2 Å². The minimum atomic E-state index is -0.521. The smallest absolute Gasteiger partial charge is 0.257 e. The van der Waals surface area contributed by atoms with E-state index < -0.39 is 17.3 Å². The van der Waals surface area contributed by atoms with Crippen molar-refractivity contribution in [2.75, 3.05) is 18.4 Å². The summed E-state index contributed by atoms with van der Waals surface area (Å²) >= 11 is 0. The Bertz CT molecular complexity index is 1300. The van der Waals surface area contributed by atoms with Crippen LogP contribution in [0.25, 0.3) is 0 Å². The van der Waals surface area contributed by atoms with Crippen molar-refractivity contribution < 1.29 is 23.5 Å². The second kappa shape index (κ2) is 8.16. The number of carbonyl (C=O) groups excluding carboxylic acids is 2. The summed E-state index contributed by atoms with van der Waals surface area (Å²) in [6, 6.07) is 8.80. The van der Waals surface area contributed by atoms with E-state index in [0.717, 1.165) is 12.0 Å². The van der Waals surface area contributed by atoms with Gasteiger partial charge in [0.05, 0.1) is 5.56 Å². The third kappa shape index (κ3) is 4.21. The number of ether oxygens (including phenoxy) is 2. The lowest BCUT2D eigenvalue weighted by Gasteiger charge is -2.31. The number of aromatic nitrogens is 2. The van der Waals surface area contributed by atoms with Gasteiger partial charge >= 0.3 is 0 Å². The molecule has 5 rings (SSSR count). The van der Waals surface area contributed by atoms with E-state index in [9.17, 15) is 14.0 Å². The molecule has 8 nitrogen and oxygen atoms in total. The molecule has 2 aliphatic heterocycles. The summed E-state index contributed by atoms with van der Waals surface area (Å²) in [4.78, 5) is 27.5. The highest BCUT2D eigenvalue weighted by atomic mass is 19.1. The normalized spacial score (nSPS) is 15.8. The number of aryl methyl sites for hydroxylation is 1. The largest absolute Gasteiger partial charge is 0.487 e. The van der Waals surface area contributed by atoms with Crippen LogP contribution in [0.3, 0.4) is 0 Å². The van der Waals surface area contributed by atoms with Crippen LogP contribution in [0, 0.1) is 5.82 Å². The topological polar surface area (TPSA) is 85.7 Å². The lowest BCUT2D eigenvalue weighted by molar-refractivity contribution is 0.0649. The molecule has 0 radical (unpaired) electrons. The van der Waals surface area contributed by atoms with E-state index in [0.29, 0.717) is 42.4 Å². The summed E-state index contributed by atoms with van der Waals surface area (Å²) in [7, 11) is 1.75. The fraction of sp³-hybridized carbons (Fsp3) is 0.320.